The van der Waals surface area contributed by atoms with E-state index in [0.29, 0.717) is 6.54 Å². The number of likely N-dealkylation sites (tertiary alicyclic amines) is 1. The highest BCUT2D eigenvalue weighted by molar-refractivity contribution is 5.47. The molecule has 2 N–H and O–H groups in total. The lowest BCUT2D eigenvalue weighted by Gasteiger charge is -2.30. The smallest absolute Gasteiger partial charge is 0.161 e. The molecule has 21 heavy (non-hydrogen) atoms. The van der Waals surface area contributed by atoms with Crippen LogP contribution in [-0.2, 0) is 5.41 Å². The van der Waals surface area contributed by atoms with Gasteiger partial charge >= 0.3 is 0 Å². The van der Waals surface area contributed by atoms with E-state index < -0.39 is 0 Å². The predicted octanol–water partition coefficient (Wildman–Crippen LogP) is 2.16. The van der Waals surface area contributed by atoms with E-state index in [1.54, 1.807) is 7.11 Å². The van der Waals surface area contributed by atoms with Gasteiger partial charge in [-0.15, -0.1) is 0 Å². The number of rotatable bonds is 5. The predicted molar refractivity (Wildman–Crippen MR) is 84.1 cm³/mol. The molecule has 4 heteroatoms. The Morgan fingerprint density at radius 1 is 1.33 bits per heavy atom. The first-order valence-electron chi connectivity index (χ1n) is 7.91. The third-order valence-corrected chi connectivity index (χ3v) is 4.90. The lowest BCUT2D eigenvalue weighted by Crippen LogP contribution is -2.38. The molecule has 0 amide bonds. The van der Waals surface area contributed by atoms with Crippen LogP contribution in [0.2, 0.25) is 0 Å². The van der Waals surface area contributed by atoms with E-state index in [0.717, 1.165) is 31.0 Å². The van der Waals surface area contributed by atoms with Crippen molar-refractivity contribution in [2.45, 2.75) is 37.2 Å². The summed E-state index contributed by atoms with van der Waals surface area (Å²) in [5.41, 5.74) is 7.43. The fourth-order valence-electron chi connectivity index (χ4n) is 3.26. The molecule has 116 valence electrons. The molecule has 1 atom stereocenters. The summed E-state index contributed by atoms with van der Waals surface area (Å²) < 4.78 is 11.7. The zero-order valence-corrected chi connectivity index (χ0v) is 13.1. The van der Waals surface area contributed by atoms with Gasteiger partial charge in [-0.05, 0) is 57.0 Å². The molecule has 1 heterocycles. The number of likely N-dealkylation sites (N-methyl/N-ethyl adjacent to an activating group) is 1. The summed E-state index contributed by atoms with van der Waals surface area (Å²) >= 11 is 0. The number of piperidine rings is 1. The lowest BCUT2D eigenvalue weighted by molar-refractivity contribution is 0.101. The number of ether oxygens (including phenoxy) is 2. The first-order valence-corrected chi connectivity index (χ1v) is 7.91. The van der Waals surface area contributed by atoms with E-state index in [1.807, 2.05) is 6.07 Å². The molecule has 1 aromatic rings. The first-order chi connectivity index (χ1) is 10.2. The number of hydrogen-bond acceptors (Lipinski definition) is 4. The van der Waals surface area contributed by atoms with E-state index in [1.165, 1.54) is 24.8 Å². The monoisotopic (exact) mass is 290 g/mol. The Morgan fingerprint density at radius 3 is 2.76 bits per heavy atom. The van der Waals surface area contributed by atoms with Gasteiger partial charge in [-0.2, -0.15) is 0 Å². The summed E-state index contributed by atoms with van der Waals surface area (Å²) in [5, 5.41) is 0. The first kappa shape index (κ1) is 14.7. The van der Waals surface area contributed by atoms with Crippen molar-refractivity contribution in [2.24, 2.45) is 5.73 Å². The molecule has 1 aliphatic carbocycles. The summed E-state index contributed by atoms with van der Waals surface area (Å²) in [6, 6.07) is 6.30. The molecule has 1 aliphatic heterocycles. The maximum Gasteiger partial charge on any atom is 0.161 e. The summed E-state index contributed by atoms with van der Waals surface area (Å²) in [6.45, 7) is 2.85. The van der Waals surface area contributed by atoms with Crippen LogP contribution in [0.15, 0.2) is 18.2 Å². The molecule has 0 spiro atoms. The molecule has 3 rings (SSSR count). The van der Waals surface area contributed by atoms with Crippen LogP contribution < -0.4 is 15.2 Å². The van der Waals surface area contributed by atoms with Gasteiger partial charge in [-0.1, -0.05) is 6.07 Å². The van der Waals surface area contributed by atoms with Crippen LogP contribution >= 0.6 is 0 Å². The van der Waals surface area contributed by atoms with Gasteiger partial charge in [-0.25, -0.2) is 0 Å². The quantitative estimate of drug-likeness (QED) is 0.903. The van der Waals surface area contributed by atoms with Gasteiger partial charge in [0.15, 0.2) is 11.5 Å². The third kappa shape index (κ3) is 3.01. The highest BCUT2D eigenvalue weighted by Crippen LogP contribution is 2.49. The topological polar surface area (TPSA) is 47.7 Å². The van der Waals surface area contributed by atoms with Gasteiger partial charge in [0.25, 0.3) is 0 Å². The molecule has 0 aromatic heterocycles. The van der Waals surface area contributed by atoms with Gasteiger partial charge in [-0.3, -0.25) is 0 Å². The zero-order valence-electron chi connectivity index (χ0n) is 13.1. The lowest BCUT2D eigenvalue weighted by atomic mass is 9.96. The summed E-state index contributed by atoms with van der Waals surface area (Å²) in [6.07, 6.45) is 4.92. The van der Waals surface area contributed by atoms with Gasteiger partial charge in [0, 0.05) is 18.5 Å². The van der Waals surface area contributed by atoms with Gasteiger partial charge < -0.3 is 20.1 Å². The molecule has 0 bridgehead atoms. The molecule has 1 saturated heterocycles. The highest BCUT2D eigenvalue weighted by atomic mass is 16.5. The van der Waals surface area contributed by atoms with Gasteiger partial charge in [0.05, 0.1) is 7.11 Å². The molecule has 0 radical (unpaired) electrons. The maximum atomic E-state index is 6.25. The summed E-state index contributed by atoms with van der Waals surface area (Å²) in [7, 11) is 3.85. The van der Waals surface area contributed by atoms with Crippen LogP contribution in [0.4, 0.5) is 0 Å². The SMILES string of the molecule is COc1ccc(C2(CN)CC2)cc1OC1CCCN(C)C1. The molecule has 4 nitrogen and oxygen atoms in total. The molecular formula is C17H26N2O2. The second-order valence-electron chi connectivity index (χ2n) is 6.49. The van der Waals surface area contributed by atoms with Crippen molar-refractivity contribution in [1.82, 2.24) is 4.90 Å². The summed E-state index contributed by atoms with van der Waals surface area (Å²) in [5.74, 6) is 1.69. The fourth-order valence-corrected chi connectivity index (χ4v) is 3.26. The number of hydrogen-bond donors (Lipinski definition) is 1. The Bertz CT molecular complexity index is 500. The molecule has 2 aliphatic rings. The van der Waals surface area contributed by atoms with E-state index >= 15 is 0 Å². The number of methoxy groups -OCH3 is 1. The Morgan fingerprint density at radius 2 is 2.14 bits per heavy atom. The molecule has 1 aromatic carbocycles. The Kier molecular flexibility index (Phi) is 4.09. The van der Waals surface area contributed by atoms with E-state index in [4.69, 9.17) is 15.2 Å². The molecular weight excluding hydrogens is 264 g/mol. The minimum absolute atomic E-state index is 0.188. The van der Waals surface area contributed by atoms with E-state index in [2.05, 4.69) is 24.1 Å². The minimum atomic E-state index is 0.188. The van der Waals surface area contributed by atoms with Crippen LogP contribution in [0.25, 0.3) is 0 Å². The average molecular weight is 290 g/mol. The van der Waals surface area contributed by atoms with Crippen LogP contribution in [-0.4, -0.2) is 44.8 Å². The fraction of sp³-hybridized carbons (Fsp3) is 0.647. The van der Waals surface area contributed by atoms with Crippen molar-refractivity contribution in [3.63, 3.8) is 0 Å². The normalized spacial score (nSPS) is 24.6. The van der Waals surface area contributed by atoms with Crippen LogP contribution in [0.3, 0.4) is 0 Å². The highest BCUT2D eigenvalue weighted by Gasteiger charge is 2.43. The molecule has 1 unspecified atom stereocenters. The van der Waals surface area contributed by atoms with Crippen molar-refractivity contribution in [3.8, 4) is 11.5 Å². The molecule has 1 saturated carbocycles. The van der Waals surface area contributed by atoms with Crippen LogP contribution in [0.5, 0.6) is 11.5 Å². The minimum Gasteiger partial charge on any atom is -0.493 e. The van der Waals surface area contributed by atoms with E-state index in [9.17, 15) is 0 Å². The number of nitrogens with two attached hydrogens (primary N) is 1. The van der Waals surface area contributed by atoms with Crippen molar-refractivity contribution in [2.75, 3.05) is 33.8 Å². The Balaban J connectivity index is 1.80. The van der Waals surface area contributed by atoms with Crippen molar-refractivity contribution >= 4 is 0 Å². The summed E-state index contributed by atoms with van der Waals surface area (Å²) in [4.78, 5) is 2.33. The second kappa shape index (κ2) is 5.85. The Labute approximate surface area is 127 Å². The maximum absolute atomic E-state index is 6.25. The van der Waals surface area contributed by atoms with Gasteiger partial charge in [0.1, 0.15) is 6.10 Å². The molecule has 2 fully saturated rings. The third-order valence-electron chi connectivity index (χ3n) is 4.90. The average Bonchev–Trinajstić information content (AvgIpc) is 3.28. The second-order valence-corrected chi connectivity index (χ2v) is 6.49. The zero-order chi connectivity index (χ0) is 14.9. The van der Waals surface area contributed by atoms with Crippen molar-refractivity contribution in [3.05, 3.63) is 23.8 Å². The van der Waals surface area contributed by atoms with Crippen molar-refractivity contribution < 1.29 is 9.47 Å². The Hall–Kier alpha value is -1.26. The van der Waals surface area contributed by atoms with Crippen molar-refractivity contribution in [1.29, 1.82) is 0 Å². The van der Waals surface area contributed by atoms with E-state index in [-0.39, 0.29) is 11.5 Å². The van der Waals surface area contributed by atoms with Gasteiger partial charge in [0.2, 0.25) is 0 Å². The largest absolute Gasteiger partial charge is 0.493 e. The standard InChI is InChI=1S/C17H26N2O2/c1-19-9-3-4-14(11-19)21-16-10-13(5-6-15(16)20-2)17(12-18)7-8-17/h5-6,10,14H,3-4,7-9,11-12,18H2,1-2H3. The number of nitrogens with zero attached hydrogens (tertiary/aromatic N) is 1. The van der Waals surface area contributed by atoms with Crippen LogP contribution in [0, 0.1) is 0 Å². The number of benzene rings is 1. The van der Waals surface area contributed by atoms with Crippen LogP contribution in [0.1, 0.15) is 31.2 Å².